The minimum absolute atomic E-state index is 0.0154. The van der Waals surface area contributed by atoms with E-state index >= 15 is 0 Å². The number of rotatable bonds is 6. The highest BCUT2D eigenvalue weighted by Crippen LogP contribution is 2.20. The third kappa shape index (κ3) is 5.10. The predicted octanol–water partition coefficient (Wildman–Crippen LogP) is 3.01. The Morgan fingerprint density at radius 1 is 1.29 bits per heavy atom. The third-order valence-electron chi connectivity index (χ3n) is 4.16. The Labute approximate surface area is 129 Å². The Kier molecular flexibility index (Phi) is 5.80. The van der Waals surface area contributed by atoms with E-state index in [1.54, 1.807) is 0 Å². The lowest BCUT2D eigenvalue weighted by Gasteiger charge is -2.38. The summed E-state index contributed by atoms with van der Waals surface area (Å²) in [6.07, 6.45) is 0. The first-order valence-corrected chi connectivity index (χ1v) is 8.16. The van der Waals surface area contributed by atoms with E-state index in [1.165, 1.54) is 11.1 Å². The predicted molar refractivity (Wildman–Crippen MR) is 88.7 cm³/mol. The lowest BCUT2D eigenvalue weighted by atomic mass is 9.99. The zero-order chi connectivity index (χ0) is 15.3. The van der Waals surface area contributed by atoms with Crippen LogP contribution in [0.25, 0.3) is 0 Å². The molecule has 0 bridgehead atoms. The molecule has 3 nitrogen and oxygen atoms in total. The van der Waals surface area contributed by atoms with Gasteiger partial charge in [-0.15, -0.1) is 0 Å². The van der Waals surface area contributed by atoms with Crippen LogP contribution >= 0.6 is 0 Å². The molecule has 1 N–H and O–H groups in total. The second-order valence-corrected chi connectivity index (χ2v) is 6.77. The monoisotopic (exact) mass is 290 g/mol. The maximum atomic E-state index is 5.77. The minimum atomic E-state index is -0.0154. The van der Waals surface area contributed by atoms with Crippen LogP contribution in [-0.2, 0) is 11.3 Å². The van der Waals surface area contributed by atoms with Crippen molar-refractivity contribution < 1.29 is 4.74 Å². The number of nitrogens with one attached hydrogen (secondary N) is 1. The van der Waals surface area contributed by atoms with Crippen LogP contribution in [-0.4, -0.2) is 43.3 Å². The molecule has 1 unspecified atom stereocenters. The topological polar surface area (TPSA) is 24.5 Å². The van der Waals surface area contributed by atoms with Gasteiger partial charge in [0.05, 0.1) is 12.2 Å². The summed E-state index contributed by atoms with van der Waals surface area (Å²) in [5.41, 5.74) is 2.80. The molecule has 1 heterocycles. The maximum Gasteiger partial charge on any atom is 0.0753 e. The summed E-state index contributed by atoms with van der Waals surface area (Å²) >= 11 is 0. The Morgan fingerprint density at radius 2 is 2.00 bits per heavy atom. The number of hydrogen-bond donors (Lipinski definition) is 1. The van der Waals surface area contributed by atoms with Gasteiger partial charge in [-0.05, 0) is 37.4 Å². The maximum absolute atomic E-state index is 5.77. The van der Waals surface area contributed by atoms with Gasteiger partial charge in [-0.1, -0.05) is 38.1 Å². The van der Waals surface area contributed by atoms with E-state index in [4.69, 9.17) is 4.74 Å². The summed E-state index contributed by atoms with van der Waals surface area (Å²) in [4.78, 5) is 2.49. The molecule has 1 aromatic carbocycles. The average molecular weight is 290 g/mol. The molecule has 1 aliphatic rings. The Balaban J connectivity index is 1.90. The number of benzene rings is 1. The van der Waals surface area contributed by atoms with Gasteiger partial charge in [-0.3, -0.25) is 4.90 Å². The normalized spacial score (nSPS) is 20.4. The lowest BCUT2D eigenvalue weighted by Crippen LogP contribution is -2.47. The molecule has 0 aliphatic carbocycles. The van der Waals surface area contributed by atoms with E-state index in [9.17, 15) is 0 Å². The summed E-state index contributed by atoms with van der Waals surface area (Å²) in [5, 5.41) is 3.41. The van der Waals surface area contributed by atoms with Gasteiger partial charge in [-0.2, -0.15) is 0 Å². The lowest BCUT2D eigenvalue weighted by molar-refractivity contribution is -0.0882. The zero-order valence-electron chi connectivity index (χ0n) is 14.0. The first kappa shape index (κ1) is 16.5. The van der Waals surface area contributed by atoms with Gasteiger partial charge in [0.25, 0.3) is 0 Å². The second kappa shape index (κ2) is 7.39. The molecule has 21 heavy (non-hydrogen) atoms. The molecule has 0 radical (unpaired) electrons. The van der Waals surface area contributed by atoms with Crippen LogP contribution in [0.15, 0.2) is 24.3 Å². The first-order valence-electron chi connectivity index (χ1n) is 8.16. The summed E-state index contributed by atoms with van der Waals surface area (Å²) in [6, 6.07) is 9.12. The fraction of sp³-hybridized carbons (Fsp3) is 0.667. The molecule has 0 saturated carbocycles. The largest absolute Gasteiger partial charge is 0.373 e. The molecule has 2 rings (SSSR count). The van der Waals surface area contributed by atoms with Gasteiger partial charge in [0.2, 0.25) is 0 Å². The molecule has 0 aromatic heterocycles. The SMILES string of the molecule is CCNCC(C)c1ccc(CN2CCOC(C)(C)C2)cc1. The van der Waals surface area contributed by atoms with Crippen molar-refractivity contribution >= 4 is 0 Å². The number of morpholine rings is 1. The van der Waals surface area contributed by atoms with Crippen LogP contribution in [0.4, 0.5) is 0 Å². The Hall–Kier alpha value is -0.900. The van der Waals surface area contributed by atoms with Gasteiger partial charge in [0.1, 0.15) is 0 Å². The van der Waals surface area contributed by atoms with E-state index in [-0.39, 0.29) is 5.60 Å². The van der Waals surface area contributed by atoms with Crippen LogP contribution in [0.5, 0.6) is 0 Å². The molecule has 118 valence electrons. The van der Waals surface area contributed by atoms with Crippen molar-refractivity contribution in [2.24, 2.45) is 0 Å². The molecule has 0 spiro atoms. The number of hydrogen-bond acceptors (Lipinski definition) is 3. The smallest absolute Gasteiger partial charge is 0.0753 e. The van der Waals surface area contributed by atoms with Crippen LogP contribution in [0.2, 0.25) is 0 Å². The van der Waals surface area contributed by atoms with Crippen molar-refractivity contribution in [3.63, 3.8) is 0 Å². The molecule has 3 heteroatoms. The van der Waals surface area contributed by atoms with Gasteiger partial charge < -0.3 is 10.1 Å². The van der Waals surface area contributed by atoms with E-state index in [2.05, 4.69) is 62.2 Å². The molecule has 0 amide bonds. The molecule has 1 aliphatic heterocycles. The van der Waals surface area contributed by atoms with E-state index in [0.717, 1.165) is 39.3 Å². The van der Waals surface area contributed by atoms with E-state index < -0.39 is 0 Å². The Morgan fingerprint density at radius 3 is 2.62 bits per heavy atom. The average Bonchev–Trinajstić information content (AvgIpc) is 2.44. The van der Waals surface area contributed by atoms with Crippen molar-refractivity contribution in [1.29, 1.82) is 0 Å². The third-order valence-corrected chi connectivity index (χ3v) is 4.16. The fourth-order valence-electron chi connectivity index (χ4n) is 2.94. The van der Waals surface area contributed by atoms with Gasteiger partial charge >= 0.3 is 0 Å². The molecule has 1 aromatic rings. The summed E-state index contributed by atoms with van der Waals surface area (Å²) in [7, 11) is 0. The standard InChI is InChI=1S/C18H30N2O/c1-5-19-12-15(2)17-8-6-16(7-9-17)13-20-10-11-21-18(3,4)14-20/h6-9,15,19H,5,10-14H2,1-4H3. The van der Waals surface area contributed by atoms with Crippen LogP contribution in [0, 0.1) is 0 Å². The van der Waals surface area contributed by atoms with Crippen LogP contribution in [0.1, 0.15) is 44.7 Å². The number of nitrogens with zero attached hydrogens (tertiary/aromatic N) is 1. The molecule has 1 fully saturated rings. The second-order valence-electron chi connectivity index (χ2n) is 6.77. The minimum Gasteiger partial charge on any atom is -0.373 e. The van der Waals surface area contributed by atoms with Crippen molar-refractivity contribution in [3.8, 4) is 0 Å². The first-order chi connectivity index (χ1) is 10.00. The highest BCUT2D eigenvalue weighted by Gasteiger charge is 2.26. The van der Waals surface area contributed by atoms with Crippen LogP contribution < -0.4 is 5.32 Å². The zero-order valence-corrected chi connectivity index (χ0v) is 14.0. The molecule has 1 atom stereocenters. The molecule has 1 saturated heterocycles. The highest BCUT2D eigenvalue weighted by molar-refractivity contribution is 5.25. The molecular weight excluding hydrogens is 260 g/mol. The van der Waals surface area contributed by atoms with E-state index in [0.29, 0.717) is 5.92 Å². The summed E-state index contributed by atoms with van der Waals surface area (Å²) in [5.74, 6) is 0.571. The highest BCUT2D eigenvalue weighted by atomic mass is 16.5. The summed E-state index contributed by atoms with van der Waals surface area (Å²) < 4.78 is 5.77. The van der Waals surface area contributed by atoms with Crippen LogP contribution in [0.3, 0.4) is 0 Å². The van der Waals surface area contributed by atoms with E-state index in [1.807, 2.05) is 0 Å². The van der Waals surface area contributed by atoms with Gasteiger partial charge in [-0.25, -0.2) is 0 Å². The number of likely N-dealkylation sites (N-methyl/N-ethyl adjacent to an activating group) is 1. The van der Waals surface area contributed by atoms with Crippen molar-refractivity contribution in [3.05, 3.63) is 35.4 Å². The van der Waals surface area contributed by atoms with Crippen molar-refractivity contribution in [2.45, 2.75) is 45.8 Å². The Bertz CT molecular complexity index is 427. The molecular formula is C18H30N2O. The van der Waals surface area contributed by atoms with Gasteiger partial charge in [0, 0.05) is 26.2 Å². The van der Waals surface area contributed by atoms with Gasteiger partial charge in [0.15, 0.2) is 0 Å². The fourth-order valence-corrected chi connectivity index (χ4v) is 2.94. The summed E-state index contributed by atoms with van der Waals surface area (Å²) in [6.45, 7) is 14.8. The quantitative estimate of drug-likeness (QED) is 0.871. The van der Waals surface area contributed by atoms with Crippen molar-refractivity contribution in [1.82, 2.24) is 10.2 Å². The number of ether oxygens (including phenoxy) is 1. The van der Waals surface area contributed by atoms with Crippen molar-refractivity contribution in [2.75, 3.05) is 32.8 Å².